The van der Waals surface area contributed by atoms with E-state index >= 15 is 0 Å². The molecule has 0 atom stereocenters. The maximum absolute atomic E-state index is 10.9. The van der Waals surface area contributed by atoms with Crippen LogP contribution in [0.5, 0.6) is 0 Å². The second-order valence-electron chi connectivity index (χ2n) is 3.70. The Morgan fingerprint density at radius 3 is 1.73 bits per heavy atom. The molecule has 0 aliphatic rings. The van der Waals surface area contributed by atoms with Crippen LogP contribution in [0, 0.1) is 0 Å². The molecule has 0 aliphatic heterocycles. The topological polar surface area (TPSA) is 60.2 Å². The van der Waals surface area contributed by atoms with E-state index in [0.29, 0.717) is 5.56 Å². The van der Waals surface area contributed by atoms with Crippen molar-refractivity contribution in [3.63, 3.8) is 0 Å². The zero-order valence-corrected chi connectivity index (χ0v) is 6.89. The van der Waals surface area contributed by atoms with Gasteiger partial charge in [0.05, 0.1) is 5.69 Å². The second-order valence-corrected chi connectivity index (χ2v) is 3.70. The molecule has 3 nitrogen and oxygen atoms in total. The summed E-state index contributed by atoms with van der Waals surface area (Å²) >= 11 is 0. The first-order valence-electron chi connectivity index (χ1n) is 3.45. The lowest BCUT2D eigenvalue weighted by atomic mass is 9.83. The quantitative estimate of drug-likeness (QED) is 0.540. The van der Waals surface area contributed by atoms with E-state index in [1.165, 1.54) is 0 Å². The smallest absolute Gasteiger partial charge is 0.249 e. The largest absolute Gasteiger partial charge is 0.395 e. The molecule has 1 aromatic carbocycles. The zero-order valence-electron chi connectivity index (χ0n) is 6.89. The molecule has 0 bridgehead atoms. The van der Waals surface area contributed by atoms with Crippen LogP contribution in [-0.4, -0.2) is 0 Å². The van der Waals surface area contributed by atoms with Crippen LogP contribution in [0.2, 0.25) is 0 Å². The molecule has 1 aromatic rings. The Morgan fingerprint density at radius 2 is 1.55 bits per heavy atom. The third-order valence-corrected chi connectivity index (χ3v) is 1.70. The van der Waals surface area contributed by atoms with Crippen LogP contribution >= 0.6 is 0 Å². The summed E-state index contributed by atoms with van der Waals surface area (Å²) in [5.74, 6) is 0. The minimum Gasteiger partial charge on any atom is -0.395 e. The van der Waals surface area contributed by atoms with Crippen molar-refractivity contribution in [2.75, 3.05) is 5.73 Å². The summed E-state index contributed by atoms with van der Waals surface area (Å²) < 4.78 is 0. The Balaban J connectivity index is 3.31. The fourth-order valence-electron chi connectivity index (χ4n) is 1.15. The van der Waals surface area contributed by atoms with Crippen LogP contribution in [-0.2, 0) is 5.41 Å². The molecular formula is C8H11NO2. The first kappa shape index (κ1) is 7.98. The molecule has 2 N–H and O–H groups in total. The monoisotopic (exact) mass is 153 g/mol. The fourth-order valence-corrected chi connectivity index (χ4v) is 1.15. The SMILES string of the molecule is CC(C)(C)c1c(N)c(=O)c1=O. The van der Waals surface area contributed by atoms with Crippen LogP contribution in [0.4, 0.5) is 5.69 Å². The normalized spacial score (nSPS) is 12.3. The van der Waals surface area contributed by atoms with E-state index in [9.17, 15) is 9.59 Å². The molecule has 0 saturated heterocycles. The molecular weight excluding hydrogens is 142 g/mol. The van der Waals surface area contributed by atoms with E-state index in [1.54, 1.807) is 0 Å². The molecule has 0 aliphatic carbocycles. The van der Waals surface area contributed by atoms with Gasteiger partial charge in [0.1, 0.15) is 0 Å². The Hall–Kier alpha value is -1.12. The van der Waals surface area contributed by atoms with Crippen molar-refractivity contribution in [2.45, 2.75) is 26.2 Å². The van der Waals surface area contributed by atoms with Crippen LogP contribution in [0.25, 0.3) is 0 Å². The van der Waals surface area contributed by atoms with Crippen molar-refractivity contribution >= 4 is 5.69 Å². The molecule has 0 spiro atoms. The van der Waals surface area contributed by atoms with Gasteiger partial charge >= 0.3 is 0 Å². The van der Waals surface area contributed by atoms with Gasteiger partial charge in [0, 0.05) is 5.56 Å². The van der Waals surface area contributed by atoms with Crippen LogP contribution in [0.1, 0.15) is 26.3 Å². The maximum Gasteiger partial charge on any atom is 0.249 e. The molecule has 0 unspecified atom stereocenters. The van der Waals surface area contributed by atoms with Crippen molar-refractivity contribution < 1.29 is 0 Å². The summed E-state index contributed by atoms with van der Waals surface area (Å²) in [4.78, 5) is 21.6. The first-order valence-corrected chi connectivity index (χ1v) is 3.45. The molecule has 0 fully saturated rings. The third kappa shape index (κ3) is 0.964. The molecule has 0 amide bonds. The Kier molecular flexibility index (Phi) is 1.40. The number of nitrogens with two attached hydrogens (primary N) is 1. The fraction of sp³-hybridized carbons (Fsp3) is 0.500. The van der Waals surface area contributed by atoms with Crippen LogP contribution in [0.15, 0.2) is 9.59 Å². The summed E-state index contributed by atoms with van der Waals surface area (Å²) in [6, 6.07) is 0. The van der Waals surface area contributed by atoms with Crippen molar-refractivity contribution in [3.05, 3.63) is 26.0 Å². The lowest BCUT2D eigenvalue weighted by Crippen LogP contribution is -2.43. The molecule has 3 heteroatoms. The van der Waals surface area contributed by atoms with Gasteiger partial charge in [-0.05, 0) is 5.41 Å². The predicted molar refractivity (Wildman–Crippen MR) is 44.5 cm³/mol. The van der Waals surface area contributed by atoms with E-state index < -0.39 is 10.9 Å². The summed E-state index contributed by atoms with van der Waals surface area (Å²) in [6.07, 6.45) is 0. The van der Waals surface area contributed by atoms with Crippen molar-refractivity contribution in [3.8, 4) is 0 Å². The van der Waals surface area contributed by atoms with Gasteiger partial charge in [0.15, 0.2) is 0 Å². The highest BCUT2D eigenvalue weighted by molar-refractivity contribution is 5.55. The standard InChI is InChI=1S/C8H11NO2/c1-8(2,3)4-5(9)7(11)6(4)10/h9H2,1-3H3. The van der Waals surface area contributed by atoms with Gasteiger partial charge in [-0.3, -0.25) is 9.59 Å². The molecule has 0 heterocycles. The number of hydrogen-bond donors (Lipinski definition) is 1. The lowest BCUT2D eigenvalue weighted by Gasteiger charge is -2.21. The van der Waals surface area contributed by atoms with Gasteiger partial charge in [-0.25, -0.2) is 0 Å². The van der Waals surface area contributed by atoms with Crippen LogP contribution < -0.4 is 16.6 Å². The minimum atomic E-state index is -0.532. The van der Waals surface area contributed by atoms with Gasteiger partial charge in [-0.1, -0.05) is 20.8 Å². The summed E-state index contributed by atoms with van der Waals surface area (Å²) in [7, 11) is 0. The Morgan fingerprint density at radius 1 is 1.09 bits per heavy atom. The van der Waals surface area contributed by atoms with Gasteiger partial charge in [0.2, 0.25) is 10.9 Å². The average molecular weight is 153 g/mol. The van der Waals surface area contributed by atoms with E-state index in [2.05, 4.69) is 0 Å². The Labute approximate surface area is 64.5 Å². The minimum absolute atomic E-state index is 0.141. The lowest BCUT2D eigenvalue weighted by molar-refractivity contribution is 0.581. The highest BCUT2D eigenvalue weighted by Gasteiger charge is 2.28. The average Bonchev–Trinajstić information content (AvgIpc) is 1.85. The van der Waals surface area contributed by atoms with Gasteiger partial charge in [0.25, 0.3) is 0 Å². The van der Waals surface area contributed by atoms with E-state index in [0.717, 1.165) is 0 Å². The summed E-state index contributed by atoms with van der Waals surface area (Å²) in [5, 5.41) is 0. The third-order valence-electron chi connectivity index (χ3n) is 1.70. The Bertz CT molecular complexity index is 350. The van der Waals surface area contributed by atoms with Gasteiger partial charge in [-0.15, -0.1) is 0 Å². The number of nitrogen functional groups attached to an aromatic ring is 1. The second kappa shape index (κ2) is 1.94. The van der Waals surface area contributed by atoms with E-state index in [4.69, 9.17) is 5.73 Å². The summed E-state index contributed by atoms with van der Waals surface area (Å²) in [5.41, 5.74) is 4.72. The zero-order chi connectivity index (χ0) is 8.81. The van der Waals surface area contributed by atoms with Crippen molar-refractivity contribution in [2.24, 2.45) is 0 Å². The molecule has 0 aromatic heterocycles. The van der Waals surface area contributed by atoms with Gasteiger partial charge < -0.3 is 5.73 Å². The predicted octanol–water partition coefficient (Wildman–Crippen LogP) is 0.162. The molecule has 0 radical (unpaired) electrons. The van der Waals surface area contributed by atoms with E-state index in [1.807, 2.05) is 20.8 Å². The van der Waals surface area contributed by atoms with Crippen molar-refractivity contribution in [1.82, 2.24) is 0 Å². The molecule has 1 rings (SSSR count). The summed E-state index contributed by atoms with van der Waals surface area (Å²) in [6.45, 7) is 5.58. The maximum atomic E-state index is 10.9. The molecule has 0 saturated carbocycles. The van der Waals surface area contributed by atoms with Crippen molar-refractivity contribution in [1.29, 1.82) is 0 Å². The highest BCUT2D eigenvalue weighted by atomic mass is 16.2. The number of hydrogen-bond acceptors (Lipinski definition) is 3. The van der Waals surface area contributed by atoms with E-state index in [-0.39, 0.29) is 11.1 Å². The number of rotatable bonds is 0. The van der Waals surface area contributed by atoms with Crippen LogP contribution in [0.3, 0.4) is 0 Å². The first-order chi connectivity index (χ1) is 4.85. The molecule has 11 heavy (non-hydrogen) atoms. The number of anilines is 1. The highest BCUT2D eigenvalue weighted by Crippen LogP contribution is 2.22. The molecule has 60 valence electrons. The van der Waals surface area contributed by atoms with Gasteiger partial charge in [-0.2, -0.15) is 0 Å².